The maximum absolute atomic E-state index is 13.8. The Balaban J connectivity index is 2.18. The van der Waals surface area contributed by atoms with Crippen molar-refractivity contribution in [3.8, 4) is 0 Å². The molecule has 1 heterocycles. The number of urea groups is 1. The molecule has 5 nitrogen and oxygen atoms in total. The van der Waals surface area contributed by atoms with Gasteiger partial charge in [0.15, 0.2) is 0 Å². The molecule has 0 aromatic heterocycles. The van der Waals surface area contributed by atoms with Crippen LogP contribution in [0.1, 0.15) is 25.8 Å². The number of benzene rings is 1. The van der Waals surface area contributed by atoms with Crippen molar-refractivity contribution in [1.82, 2.24) is 16.0 Å². The van der Waals surface area contributed by atoms with Crippen molar-refractivity contribution < 1.29 is 18.4 Å². The van der Waals surface area contributed by atoms with Gasteiger partial charge in [0, 0.05) is 17.8 Å². The first kappa shape index (κ1) is 17.2. The summed E-state index contributed by atoms with van der Waals surface area (Å²) in [6.07, 6.45) is 0.507. The van der Waals surface area contributed by atoms with Crippen LogP contribution in [0, 0.1) is 11.6 Å². The van der Waals surface area contributed by atoms with Gasteiger partial charge in [-0.1, -0.05) is 18.5 Å². The number of hydrogen-bond donors (Lipinski definition) is 3. The number of nitrogens with one attached hydrogen (secondary N) is 3. The second-order valence-corrected chi connectivity index (χ2v) is 5.51. The molecule has 1 aromatic carbocycles. The fourth-order valence-electron chi connectivity index (χ4n) is 2.40. The van der Waals surface area contributed by atoms with Crippen molar-refractivity contribution in [1.29, 1.82) is 0 Å². The molecule has 3 N–H and O–H groups in total. The van der Waals surface area contributed by atoms with E-state index in [1.54, 1.807) is 6.92 Å². The van der Waals surface area contributed by atoms with Crippen molar-refractivity contribution in [2.75, 3.05) is 0 Å². The molecule has 0 saturated heterocycles. The van der Waals surface area contributed by atoms with Crippen LogP contribution < -0.4 is 16.0 Å². The minimum Gasteiger partial charge on any atom is -0.348 e. The lowest BCUT2D eigenvalue weighted by atomic mass is 10.00. The van der Waals surface area contributed by atoms with Crippen LogP contribution in [0.3, 0.4) is 0 Å². The second-order valence-electron chi connectivity index (χ2n) is 5.10. The van der Waals surface area contributed by atoms with Gasteiger partial charge < -0.3 is 16.0 Å². The number of amides is 3. The van der Waals surface area contributed by atoms with E-state index in [-0.39, 0.29) is 17.1 Å². The van der Waals surface area contributed by atoms with Gasteiger partial charge in [-0.15, -0.1) is 0 Å². The van der Waals surface area contributed by atoms with Crippen molar-refractivity contribution in [3.63, 3.8) is 0 Å². The van der Waals surface area contributed by atoms with Gasteiger partial charge in [-0.2, -0.15) is 0 Å². The Bertz CT molecular complexity index is 692. The largest absolute Gasteiger partial charge is 0.348 e. The number of hydrogen-bond acceptors (Lipinski definition) is 2. The molecule has 0 aliphatic carbocycles. The third kappa shape index (κ3) is 3.61. The summed E-state index contributed by atoms with van der Waals surface area (Å²) in [7, 11) is 0. The molecule has 1 atom stereocenters. The van der Waals surface area contributed by atoms with Crippen LogP contribution in [-0.4, -0.2) is 18.0 Å². The number of halogens is 3. The average molecular weight is 344 g/mol. The van der Waals surface area contributed by atoms with Crippen LogP contribution in [0.5, 0.6) is 0 Å². The van der Waals surface area contributed by atoms with Gasteiger partial charge in [-0.25, -0.2) is 13.6 Å². The summed E-state index contributed by atoms with van der Waals surface area (Å²) in [5.74, 6) is -2.21. The number of carbonyl (C=O) groups is 2. The maximum atomic E-state index is 13.8. The first-order valence-electron chi connectivity index (χ1n) is 7.04. The molecule has 0 radical (unpaired) electrons. The van der Waals surface area contributed by atoms with Gasteiger partial charge in [0.2, 0.25) is 0 Å². The van der Waals surface area contributed by atoms with Crippen LogP contribution in [0.25, 0.3) is 0 Å². The molecule has 124 valence electrons. The summed E-state index contributed by atoms with van der Waals surface area (Å²) < 4.78 is 27.5. The highest BCUT2D eigenvalue weighted by Crippen LogP contribution is 2.21. The van der Waals surface area contributed by atoms with E-state index in [2.05, 4.69) is 16.0 Å². The molecule has 1 aliphatic rings. The Hall–Kier alpha value is -2.15. The van der Waals surface area contributed by atoms with Crippen LogP contribution in [0.2, 0.25) is 5.02 Å². The van der Waals surface area contributed by atoms with Gasteiger partial charge in [0.05, 0.1) is 16.6 Å². The Morgan fingerprint density at radius 2 is 2.09 bits per heavy atom. The summed E-state index contributed by atoms with van der Waals surface area (Å²) in [5, 5.41) is 7.37. The lowest BCUT2D eigenvalue weighted by Gasteiger charge is -2.27. The fraction of sp³-hybridized carbons (Fsp3) is 0.333. The quantitative estimate of drug-likeness (QED) is 0.735. The third-order valence-corrected chi connectivity index (χ3v) is 3.87. The standard InChI is InChI=1S/C15H16ClF2N3O2/c1-3-11-12(7(2)20-15(23)21-11)14(22)19-6-8-10(17)5-4-9(16)13(8)18/h4-5,11H,3,6H2,1-2H3,(H,19,22)(H2,20,21,23)/t11-/m0/s1. The molecule has 0 fully saturated rings. The predicted molar refractivity (Wildman–Crippen MR) is 81.7 cm³/mol. The summed E-state index contributed by atoms with van der Waals surface area (Å²) in [5.41, 5.74) is 0.421. The molecular weight excluding hydrogens is 328 g/mol. The molecule has 2 rings (SSSR count). The highest BCUT2D eigenvalue weighted by molar-refractivity contribution is 6.30. The average Bonchev–Trinajstić information content (AvgIpc) is 2.50. The minimum atomic E-state index is -0.903. The van der Waals surface area contributed by atoms with E-state index >= 15 is 0 Å². The number of carbonyl (C=O) groups excluding carboxylic acids is 2. The van der Waals surface area contributed by atoms with Crippen LogP contribution >= 0.6 is 11.6 Å². The highest BCUT2D eigenvalue weighted by Gasteiger charge is 2.28. The van der Waals surface area contributed by atoms with Gasteiger partial charge in [-0.3, -0.25) is 4.79 Å². The lowest BCUT2D eigenvalue weighted by molar-refractivity contribution is -0.118. The summed E-state index contributed by atoms with van der Waals surface area (Å²) >= 11 is 5.61. The molecule has 23 heavy (non-hydrogen) atoms. The third-order valence-electron chi connectivity index (χ3n) is 3.58. The second kappa shape index (κ2) is 6.95. The van der Waals surface area contributed by atoms with Crippen molar-refractivity contribution in [3.05, 3.63) is 45.6 Å². The first-order chi connectivity index (χ1) is 10.8. The number of rotatable bonds is 4. The van der Waals surface area contributed by atoms with E-state index in [9.17, 15) is 18.4 Å². The Labute approximate surface area is 137 Å². The Morgan fingerprint density at radius 3 is 2.74 bits per heavy atom. The zero-order chi connectivity index (χ0) is 17.1. The molecule has 3 amide bonds. The molecule has 0 saturated carbocycles. The SMILES string of the molecule is CC[C@@H]1NC(=O)NC(C)=C1C(=O)NCc1c(F)ccc(Cl)c1F. The molecule has 1 aliphatic heterocycles. The first-order valence-corrected chi connectivity index (χ1v) is 7.41. The van der Waals surface area contributed by atoms with Crippen molar-refractivity contribution in [2.45, 2.75) is 32.9 Å². The van der Waals surface area contributed by atoms with E-state index in [0.717, 1.165) is 12.1 Å². The van der Waals surface area contributed by atoms with Gasteiger partial charge >= 0.3 is 6.03 Å². The van der Waals surface area contributed by atoms with Crippen molar-refractivity contribution in [2.24, 2.45) is 0 Å². The molecule has 8 heteroatoms. The topological polar surface area (TPSA) is 70.2 Å². The predicted octanol–water partition coefficient (Wildman–Crippen LogP) is 2.60. The lowest BCUT2D eigenvalue weighted by Crippen LogP contribution is -2.51. The van der Waals surface area contributed by atoms with E-state index in [1.807, 2.05) is 6.92 Å². The Kier molecular flexibility index (Phi) is 5.20. The molecule has 0 unspecified atom stereocenters. The normalized spacial score (nSPS) is 17.6. The van der Waals surface area contributed by atoms with Crippen molar-refractivity contribution >= 4 is 23.5 Å². The van der Waals surface area contributed by atoms with E-state index in [1.165, 1.54) is 0 Å². The van der Waals surface area contributed by atoms with Gasteiger partial charge in [-0.05, 0) is 25.5 Å². The molecule has 1 aromatic rings. The zero-order valence-electron chi connectivity index (χ0n) is 12.6. The van der Waals surface area contributed by atoms with E-state index in [0.29, 0.717) is 17.7 Å². The van der Waals surface area contributed by atoms with Gasteiger partial charge in [0.1, 0.15) is 11.6 Å². The van der Waals surface area contributed by atoms with E-state index < -0.39 is 29.6 Å². The summed E-state index contributed by atoms with van der Waals surface area (Å²) in [6.45, 7) is 3.06. The smallest absolute Gasteiger partial charge is 0.319 e. The van der Waals surface area contributed by atoms with Crippen LogP contribution in [0.15, 0.2) is 23.4 Å². The monoisotopic (exact) mass is 343 g/mol. The van der Waals surface area contributed by atoms with Crippen LogP contribution in [0.4, 0.5) is 13.6 Å². The Morgan fingerprint density at radius 1 is 1.39 bits per heavy atom. The van der Waals surface area contributed by atoms with Crippen LogP contribution in [-0.2, 0) is 11.3 Å². The number of allylic oxidation sites excluding steroid dienone is 1. The fourth-order valence-corrected chi connectivity index (χ4v) is 2.57. The summed E-state index contributed by atoms with van der Waals surface area (Å²) in [6, 6.07) is 1.29. The maximum Gasteiger partial charge on any atom is 0.319 e. The van der Waals surface area contributed by atoms with Gasteiger partial charge in [0.25, 0.3) is 5.91 Å². The highest BCUT2D eigenvalue weighted by atomic mass is 35.5. The molecule has 0 spiro atoms. The molecular formula is C15H16ClF2N3O2. The van der Waals surface area contributed by atoms with E-state index in [4.69, 9.17) is 11.6 Å². The zero-order valence-corrected chi connectivity index (χ0v) is 13.4. The summed E-state index contributed by atoms with van der Waals surface area (Å²) in [4.78, 5) is 23.7. The molecule has 0 bridgehead atoms. The minimum absolute atomic E-state index is 0.218.